The lowest BCUT2D eigenvalue weighted by Crippen LogP contribution is -2.18. The lowest BCUT2D eigenvalue weighted by molar-refractivity contribution is 0.0496. The number of nitriles is 1. The highest BCUT2D eigenvalue weighted by Gasteiger charge is 2.08. The SMILES string of the molecule is N#Cc1ccc(C(=O)OCCCn2c(=O)[nH]c3ccccc32)cc1. The van der Waals surface area contributed by atoms with Crippen molar-refractivity contribution in [2.45, 2.75) is 13.0 Å². The second kappa shape index (κ2) is 6.84. The topological polar surface area (TPSA) is 87.9 Å². The van der Waals surface area contributed by atoms with Crippen LogP contribution in [0.3, 0.4) is 0 Å². The molecule has 120 valence electrons. The number of carbonyl (C=O) groups excluding carboxylic acids is 1. The number of hydrogen-bond acceptors (Lipinski definition) is 4. The average molecular weight is 321 g/mol. The third-order valence-electron chi connectivity index (χ3n) is 3.69. The zero-order chi connectivity index (χ0) is 16.9. The van der Waals surface area contributed by atoms with Crippen LogP contribution in [0.1, 0.15) is 22.3 Å². The maximum Gasteiger partial charge on any atom is 0.338 e. The van der Waals surface area contributed by atoms with Crippen LogP contribution >= 0.6 is 0 Å². The van der Waals surface area contributed by atoms with Gasteiger partial charge < -0.3 is 9.72 Å². The summed E-state index contributed by atoms with van der Waals surface area (Å²) in [6.07, 6.45) is 0.532. The molecule has 0 aliphatic carbocycles. The van der Waals surface area contributed by atoms with E-state index in [1.54, 1.807) is 28.8 Å². The number of aryl methyl sites for hydroxylation is 1. The van der Waals surface area contributed by atoms with Gasteiger partial charge in [0.2, 0.25) is 0 Å². The molecule has 3 aromatic rings. The highest BCUT2D eigenvalue weighted by molar-refractivity contribution is 5.89. The van der Waals surface area contributed by atoms with Gasteiger partial charge in [0.05, 0.1) is 34.8 Å². The van der Waals surface area contributed by atoms with Gasteiger partial charge in [-0.15, -0.1) is 0 Å². The van der Waals surface area contributed by atoms with Gasteiger partial charge in [-0.3, -0.25) is 4.57 Å². The van der Waals surface area contributed by atoms with E-state index in [1.165, 1.54) is 0 Å². The van der Waals surface area contributed by atoms with E-state index >= 15 is 0 Å². The lowest BCUT2D eigenvalue weighted by atomic mass is 10.1. The van der Waals surface area contributed by atoms with E-state index in [-0.39, 0.29) is 12.3 Å². The Bertz CT molecular complexity index is 962. The van der Waals surface area contributed by atoms with E-state index in [0.717, 1.165) is 11.0 Å². The second-order valence-corrected chi connectivity index (χ2v) is 5.28. The standard InChI is InChI=1S/C18H15N3O3/c19-12-13-6-8-14(9-7-13)17(22)24-11-3-10-21-16-5-2-1-4-15(16)20-18(21)23/h1-2,4-9H,3,10-11H2,(H,20,23). The van der Waals surface area contributed by atoms with Crippen molar-refractivity contribution >= 4 is 17.0 Å². The molecular formula is C18H15N3O3. The third kappa shape index (κ3) is 3.20. The summed E-state index contributed by atoms with van der Waals surface area (Å²) in [5, 5.41) is 8.73. The predicted octanol–water partition coefficient (Wildman–Crippen LogP) is 2.45. The van der Waals surface area contributed by atoms with Gasteiger partial charge in [0.25, 0.3) is 0 Å². The molecule has 0 fully saturated rings. The van der Waals surface area contributed by atoms with Crippen molar-refractivity contribution in [2.24, 2.45) is 0 Å². The lowest BCUT2D eigenvalue weighted by Gasteiger charge is -2.06. The van der Waals surface area contributed by atoms with Crippen molar-refractivity contribution in [3.8, 4) is 6.07 Å². The molecule has 6 nitrogen and oxygen atoms in total. The first-order valence-corrected chi connectivity index (χ1v) is 7.54. The van der Waals surface area contributed by atoms with Gasteiger partial charge in [-0.2, -0.15) is 5.26 Å². The number of aromatic nitrogens is 2. The largest absolute Gasteiger partial charge is 0.462 e. The number of carbonyl (C=O) groups is 1. The van der Waals surface area contributed by atoms with E-state index in [2.05, 4.69) is 4.98 Å². The number of ether oxygens (including phenoxy) is 1. The first-order chi connectivity index (χ1) is 11.7. The van der Waals surface area contributed by atoms with E-state index in [4.69, 9.17) is 10.00 Å². The van der Waals surface area contributed by atoms with Crippen LogP contribution in [0.4, 0.5) is 0 Å². The quantitative estimate of drug-likeness (QED) is 0.577. The molecule has 0 unspecified atom stereocenters. The molecule has 6 heteroatoms. The summed E-state index contributed by atoms with van der Waals surface area (Å²) in [5.74, 6) is -0.439. The number of esters is 1. The summed E-state index contributed by atoms with van der Waals surface area (Å²) in [4.78, 5) is 26.6. The van der Waals surface area contributed by atoms with Crippen LogP contribution < -0.4 is 5.69 Å². The number of para-hydroxylation sites is 2. The molecule has 2 aromatic carbocycles. The Balaban J connectivity index is 1.56. The Hall–Kier alpha value is -3.33. The maximum absolute atomic E-state index is 11.9. The zero-order valence-corrected chi connectivity index (χ0v) is 12.9. The van der Waals surface area contributed by atoms with Crippen LogP contribution in [0.25, 0.3) is 11.0 Å². The van der Waals surface area contributed by atoms with Crippen LogP contribution in [0.5, 0.6) is 0 Å². The van der Waals surface area contributed by atoms with Crippen molar-refractivity contribution in [3.05, 3.63) is 70.1 Å². The van der Waals surface area contributed by atoms with Gasteiger partial charge >= 0.3 is 11.7 Å². The van der Waals surface area contributed by atoms with Crippen LogP contribution in [0, 0.1) is 11.3 Å². The monoisotopic (exact) mass is 321 g/mol. The number of nitrogens with one attached hydrogen (secondary N) is 1. The van der Waals surface area contributed by atoms with Gasteiger partial charge in [-0.1, -0.05) is 12.1 Å². The number of fused-ring (bicyclic) bond motifs is 1. The van der Waals surface area contributed by atoms with Crippen LogP contribution in [0.15, 0.2) is 53.3 Å². The molecule has 0 saturated carbocycles. The summed E-state index contributed by atoms with van der Waals surface area (Å²) >= 11 is 0. The van der Waals surface area contributed by atoms with Gasteiger partial charge in [0, 0.05) is 6.54 Å². The molecule has 0 spiro atoms. The fourth-order valence-corrected chi connectivity index (χ4v) is 2.48. The van der Waals surface area contributed by atoms with Gasteiger partial charge in [-0.25, -0.2) is 9.59 Å². The number of nitrogens with zero attached hydrogens (tertiary/aromatic N) is 2. The molecule has 0 amide bonds. The van der Waals surface area contributed by atoms with E-state index < -0.39 is 5.97 Å². The molecule has 0 saturated heterocycles. The second-order valence-electron chi connectivity index (χ2n) is 5.28. The number of benzene rings is 2. The van der Waals surface area contributed by atoms with E-state index in [0.29, 0.717) is 24.1 Å². The summed E-state index contributed by atoms with van der Waals surface area (Å²) < 4.78 is 6.83. The molecule has 24 heavy (non-hydrogen) atoms. The average Bonchev–Trinajstić information content (AvgIpc) is 2.94. The normalized spacial score (nSPS) is 10.5. The van der Waals surface area contributed by atoms with E-state index in [1.807, 2.05) is 30.3 Å². The van der Waals surface area contributed by atoms with Crippen molar-refractivity contribution in [2.75, 3.05) is 6.61 Å². The maximum atomic E-state index is 11.9. The fraction of sp³-hybridized carbons (Fsp3) is 0.167. The number of aromatic amines is 1. The molecule has 0 bridgehead atoms. The minimum atomic E-state index is -0.439. The summed E-state index contributed by atoms with van der Waals surface area (Å²) in [5.41, 5.74) is 2.34. The van der Waals surface area contributed by atoms with Crippen LogP contribution in [0.2, 0.25) is 0 Å². The molecule has 0 aliphatic heterocycles. The molecule has 0 aliphatic rings. The minimum absolute atomic E-state index is 0.172. The van der Waals surface area contributed by atoms with Crippen molar-refractivity contribution in [1.82, 2.24) is 9.55 Å². The first-order valence-electron chi connectivity index (χ1n) is 7.54. The molecule has 1 N–H and O–H groups in total. The highest BCUT2D eigenvalue weighted by atomic mass is 16.5. The smallest absolute Gasteiger partial charge is 0.338 e. The molecule has 0 atom stereocenters. The van der Waals surface area contributed by atoms with Gasteiger partial charge in [-0.05, 0) is 42.8 Å². The summed E-state index contributed by atoms with van der Waals surface area (Å²) in [7, 11) is 0. The first kappa shape index (κ1) is 15.6. The summed E-state index contributed by atoms with van der Waals surface area (Å²) in [6.45, 7) is 0.675. The Morgan fingerprint density at radius 1 is 1.17 bits per heavy atom. The number of imidazole rings is 1. The Kier molecular flexibility index (Phi) is 4.43. The molecule has 0 radical (unpaired) electrons. The van der Waals surface area contributed by atoms with Crippen molar-refractivity contribution in [3.63, 3.8) is 0 Å². The molecule has 1 aromatic heterocycles. The van der Waals surface area contributed by atoms with Gasteiger partial charge in [0.1, 0.15) is 0 Å². The number of H-pyrrole nitrogens is 1. The molecule has 3 rings (SSSR count). The Morgan fingerprint density at radius 3 is 2.67 bits per heavy atom. The molecule has 1 heterocycles. The van der Waals surface area contributed by atoms with Crippen LogP contribution in [-0.4, -0.2) is 22.1 Å². The summed E-state index contributed by atoms with van der Waals surface area (Å²) in [6, 6.07) is 15.7. The zero-order valence-electron chi connectivity index (χ0n) is 12.9. The third-order valence-corrected chi connectivity index (χ3v) is 3.69. The van der Waals surface area contributed by atoms with Gasteiger partial charge in [0.15, 0.2) is 0 Å². The fourth-order valence-electron chi connectivity index (χ4n) is 2.48. The van der Waals surface area contributed by atoms with Crippen molar-refractivity contribution in [1.29, 1.82) is 5.26 Å². The van der Waals surface area contributed by atoms with E-state index in [9.17, 15) is 9.59 Å². The Morgan fingerprint density at radius 2 is 1.92 bits per heavy atom. The molecular weight excluding hydrogens is 306 g/mol. The van der Waals surface area contributed by atoms with Crippen LogP contribution in [-0.2, 0) is 11.3 Å². The predicted molar refractivity (Wildman–Crippen MR) is 88.6 cm³/mol. The Labute approximate surface area is 137 Å². The highest BCUT2D eigenvalue weighted by Crippen LogP contribution is 2.10. The van der Waals surface area contributed by atoms with Crippen molar-refractivity contribution < 1.29 is 9.53 Å². The number of hydrogen-bond donors (Lipinski definition) is 1. The minimum Gasteiger partial charge on any atom is -0.462 e. The number of rotatable bonds is 5.